The Labute approximate surface area is 133 Å². The van der Waals surface area contributed by atoms with Crippen LogP contribution in [0.25, 0.3) is 0 Å². The van der Waals surface area contributed by atoms with Crippen LogP contribution >= 0.6 is 15.9 Å². The van der Waals surface area contributed by atoms with Crippen molar-refractivity contribution in [2.45, 2.75) is 46.1 Å². The molecule has 2 fully saturated rings. The molecule has 0 aromatic heterocycles. The average molecular weight is 354 g/mol. The number of fused-ring (bicyclic) bond motifs is 2. The highest BCUT2D eigenvalue weighted by Crippen LogP contribution is 2.65. The molecule has 0 aliphatic heterocycles. The molecule has 2 aliphatic rings. The summed E-state index contributed by atoms with van der Waals surface area (Å²) in [7, 11) is 0. The van der Waals surface area contributed by atoms with Crippen LogP contribution in [0, 0.1) is 22.6 Å². The second kappa shape index (κ2) is 4.80. The summed E-state index contributed by atoms with van der Waals surface area (Å²) in [5.74, 6) is 0.0850. The monoisotopic (exact) mass is 353 g/mol. The Bertz CT molecular complexity index is 600. The molecule has 3 atom stereocenters. The summed E-state index contributed by atoms with van der Waals surface area (Å²) in [6.07, 6.45) is 3.43. The number of halogens is 2. The maximum absolute atomic E-state index is 13.6. The van der Waals surface area contributed by atoms with Crippen LogP contribution in [-0.4, -0.2) is 11.9 Å². The topological polar surface area (TPSA) is 29.1 Å². The number of carbonyl (C=O) groups excluding carboxylic acids is 1. The van der Waals surface area contributed by atoms with Crippen LogP contribution in [0.5, 0.6) is 0 Å². The minimum atomic E-state index is -0.401. The molecule has 0 spiro atoms. The smallest absolute Gasteiger partial charge is 0.252 e. The fourth-order valence-corrected chi connectivity index (χ4v) is 4.78. The van der Waals surface area contributed by atoms with Crippen molar-refractivity contribution >= 4 is 21.8 Å². The molecule has 3 unspecified atom stereocenters. The van der Waals surface area contributed by atoms with Gasteiger partial charge in [0.2, 0.25) is 0 Å². The van der Waals surface area contributed by atoms with E-state index >= 15 is 0 Å². The zero-order chi connectivity index (χ0) is 15.4. The van der Waals surface area contributed by atoms with Gasteiger partial charge in [-0.3, -0.25) is 4.79 Å². The van der Waals surface area contributed by atoms with E-state index in [1.54, 1.807) is 12.1 Å². The summed E-state index contributed by atoms with van der Waals surface area (Å²) in [5, 5.41) is 3.16. The molecule has 2 bridgehead atoms. The molecule has 0 radical (unpaired) electrons. The van der Waals surface area contributed by atoms with Gasteiger partial charge in [0.15, 0.2) is 0 Å². The van der Waals surface area contributed by atoms with Crippen molar-refractivity contribution < 1.29 is 9.18 Å². The third kappa shape index (κ3) is 2.06. The zero-order valence-corrected chi connectivity index (χ0v) is 14.3. The molecule has 0 heterocycles. The zero-order valence-electron chi connectivity index (χ0n) is 12.7. The molecule has 2 saturated carbocycles. The first-order valence-corrected chi connectivity index (χ1v) is 8.31. The molecule has 114 valence electrons. The first kappa shape index (κ1) is 15.0. The van der Waals surface area contributed by atoms with Crippen LogP contribution < -0.4 is 5.32 Å². The highest BCUT2D eigenvalue weighted by Gasteiger charge is 2.61. The van der Waals surface area contributed by atoms with E-state index in [2.05, 4.69) is 42.0 Å². The van der Waals surface area contributed by atoms with Crippen molar-refractivity contribution in [1.29, 1.82) is 0 Å². The van der Waals surface area contributed by atoms with Gasteiger partial charge in [-0.05, 0) is 64.1 Å². The Morgan fingerprint density at radius 2 is 2.10 bits per heavy atom. The Kier molecular flexibility index (Phi) is 3.43. The molecule has 0 saturated heterocycles. The van der Waals surface area contributed by atoms with Crippen LogP contribution in [0.3, 0.4) is 0 Å². The predicted molar refractivity (Wildman–Crippen MR) is 84.6 cm³/mol. The van der Waals surface area contributed by atoms with E-state index in [9.17, 15) is 9.18 Å². The molecule has 4 heteroatoms. The molecular formula is C17H21BrFNO. The Balaban J connectivity index is 1.82. The SMILES string of the molecule is CC1(C)C2CCC1(C)C(NC(=O)c1cccc(F)c1Br)C2. The lowest BCUT2D eigenvalue weighted by atomic mass is 9.69. The Morgan fingerprint density at radius 1 is 1.38 bits per heavy atom. The number of nitrogens with one attached hydrogen (secondary N) is 1. The summed E-state index contributed by atoms with van der Waals surface area (Å²) < 4.78 is 13.8. The number of rotatable bonds is 2. The molecule has 1 N–H and O–H groups in total. The molecule has 21 heavy (non-hydrogen) atoms. The van der Waals surface area contributed by atoms with Crippen LogP contribution in [-0.2, 0) is 0 Å². The fraction of sp³-hybridized carbons (Fsp3) is 0.588. The summed E-state index contributed by atoms with van der Waals surface area (Å²) in [6, 6.07) is 4.75. The third-order valence-electron chi connectivity index (χ3n) is 6.30. The maximum Gasteiger partial charge on any atom is 0.252 e. The van der Waals surface area contributed by atoms with Gasteiger partial charge in [-0.1, -0.05) is 26.8 Å². The second-order valence-corrected chi connectivity index (χ2v) is 8.03. The number of amides is 1. The highest BCUT2D eigenvalue weighted by molar-refractivity contribution is 9.10. The minimum absolute atomic E-state index is 0.132. The molecule has 2 nitrogen and oxygen atoms in total. The first-order chi connectivity index (χ1) is 9.77. The van der Waals surface area contributed by atoms with Gasteiger partial charge >= 0.3 is 0 Å². The average Bonchev–Trinajstić information content (AvgIpc) is 2.75. The van der Waals surface area contributed by atoms with Gasteiger partial charge in [-0.25, -0.2) is 4.39 Å². The molecule has 3 rings (SSSR count). The fourth-order valence-electron chi connectivity index (χ4n) is 4.34. The first-order valence-electron chi connectivity index (χ1n) is 7.52. The van der Waals surface area contributed by atoms with E-state index < -0.39 is 5.82 Å². The van der Waals surface area contributed by atoms with E-state index in [1.807, 2.05) is 0 Å². The molecular weight excluding hydrogens is 333 g/mol. The van der Waals surface area contributed by atoms with Crippen LogP contribution in [0.15, 0.2) is 22.7 Å². The van der Waals surface area contributed by atoms with E-state index in [0.717, 1.165) is 12.8 Å². The Morgan fingerprint density at radius 3 is 2.67 bits per heavy atom. The highest BCUT2D eigenvalue weighted by atomic mass is 79.9. The molecule has 1 amide bonds. The van der Waals surface area contributed by atoms with Gasteiger partial charge in [0.25, 0.3) is 5.91 Å². The van der Waals surface area contributed by atoms with E-state index in [4.69, 9.17) is 0 Å². The Hall–Kier alpha value is -0.900. The minimum Gasteiger partial charge on any atom is -0.349 e. The van der Waals surface area contributed by atoms with Crippen molar-refractivity contribution in [3.8, 4) is 0 Å². The van der Waals surface area contributed by atoms with Gasteiger partial charge < -0.3 is 5.32 Å². The van der Waals surface area contributed by atoms with Gasteiger partial charge in [-0.2, -0.15) is 0 Å². The standard InChI is InChI=1S/C17H21BrFNO/c1-16(2)10-7-8-17(16,3)13(9-10)20-15(21)11-5-4-6-12(19)14(11)18/h4-6,10,13H,7-9H2,1-3H3,(H,20,21). The van der Waals surface area contributed by atoms with Crippen molar-refractivity contribution in [3.05, 3.63) is 34.1 Å². The molecule has 1 aromatic carbocycles. The second-order valence-electron chi connectivity index (χ2n) is 7.24. The molecule has 1 aromatic rings. The lowest BCUT2D eigenvalue weighted by Gasteiger charge is -2.39. The third-order valence-corrected chi connectivity index (χ3v) is 7.10. The van der Waals surface area contributed by atoms with Gasteiger partial charge in [-0.15, -0.1) is 0 Å². The van der Waals surface area contributed by atoms with Crippen molar-refractivity contribution in [3.63, 3.8) is 0 Å². The van der Waals surface area contributed by atoms with Gasteiger partial charge in [0, 0.05) is 6.04 Å². The van der Waals surface area contributed by atoms with Crippen LogP contribution in [0.4, 0.5) is 4.39 Å². The summed E-state index contributed by atoms with van der Waals surface area (Å²) in [6.45, 7) is 6.91. The lowest BCUT2D eigenvalue weighted by molar-refractivity contribution is 0.0825. The number of hydrogen-bond acceptors (Lipinski definition) is 1. The number of carbonyl (C=O) groups is 1. The largest absolute Gasteiger partial charge is 0.349 e. The van der Waals surface area contributed by atoms with Crippen LogP contribution in [0.1, 0.15) is 50.4 Å². The molecule has 2 aliphatic carbocycles. The summed E-state index contributed by atoms with van der Waals surface area (Å²) >= 11 is 3.17. The maximum atomic E-state index is 13.6. The van der Waals surface area contributed by atoms with Gasteiger partial charge in [0.05, 0.1) is 10.0 Å². The summed E-state index contributed by atoms with van der Waals surface area (Å²) in [5.41, 5.74) is 0.760. The normalized spacial score (nSPS) is 33.2. The van der Waals surface area contributed by atoms with Gasteiger partial charge in [0.1, 0.15) is 5.82 Å². The quantitative estimate of drug-likeness (QED) is 0.831. The predicted octanol–water partition coefficient (Wildman–Crippen LogP) is 4.53. The van der Waals surface area contributed by atoms with Crippen molar-refractivity contribution in [2.75, 3.05) is 0 Å². The lowest BCUT2D eigenvalue weighted by Crippen LogP contribution is -2.47. The van der Waals surface area contributed by atoms with E-state index in [0.29, 0.717) is 11.5 Å². The van der Waals surface area contributed by atoms with E-state index in [1.165, 1.54) is 12.5 Å². The van der Waals surface area contributed by atoms with Crippen LogP contribution in [0.2, 0.25) is 0 Å². The van der Waals surface area contributed by atoms with Crippen molar-refractivity contribution in [2.24, 2.45) is 16.7 Å². The van der Waals surface area contributed by atoms with E-state index in [-0.39, 0.29) is 27.3 Å². The number of benzene rings is 1. The van der Waals surface area contributed by atoms with Crippen molar-refractivity contribution in [1.82, 2.24) is 5.32 Å². The summed E-state index contributed by atoms with van der Waals surface area (Å²) in [4.78, 5) is 12.5. The number of hydrogen-bond donors (Lipinski definition) is 1.